The van der Waals surface area contributed by atoms with Gasteiger partial charge in [-0.2, -0.15) is 0 Å². The summed E-state index contributed by atoms with van der Waals surface area (Å²) < 4.78 is 37.2. The highest BCUT2D eigenvalue weighted by Gasteiger charge is 2.58. The number of halogens is 1. The molecule has 2 aromatic carbocycles. The van der Waals surface area contributed by atoms with E-state index in [0.29, 0.717) is 26.2 Å². The van der Waals surface area contributed by atoms with Crippen LogP contribution < -0.4 is 9.64 Å². The smallest absolute Gasteiger partial charge is 0.332 e. The van der Waals surface area contributed by atoms with Gasteiger partial charge in [0.2, 0.25) is 11.4 Å². The van der Waals surface area contributed by atoms with Gasteiger partial charge in [-0.25, -0.2) is 14.0 Å². The summed E-state index contributed by atoms with van der Waals surface area (Å²) in [6.07, 6.45) is 0.663. The van der Waals surface area contributed by atoms with Gasteiger partial charge in [0, 0.05) is 50.4 Å². The van der Waals surface area contributed by atoms with Crippen molar-refractivity contribution in [2.75, 3.05) is 44.7 Å². The molecule has 3 aliphatic rings. The predicted molar refractivity (Wildman–Crippen MR) is 139 cm³/mol. The molecule has 3 aromatic rings. The molecule has 40 heavy (non-hydrogen) atoms. The zero-order valence-electron chi connectivity index (χ0n) is 21.7. The number of piperazine rings is 1. The molecule has 0 spiro atoms. The molecule has 206 valence electrons. The molecule has 0 saturated carbocycles. The number of nitrogens with zero attached hydrogens (tertiary/aromatic N) is 3. The van der Waals surface area contributed by atoms with Crippen molar-refractivity contribution in [2.24, 2.45) is 0 Å². The van der Waals surface area contributed by atoms with Crippen LogP contribution >= 0.6 is 0 Å². The molecule has 0 bridgehead atoms. The number of Topliss-reactive ketones (excluding diaryl/α,β-unsaturated/α-hetero) is 1. The Kier molecular flexibility index (Phi) is 6.59. The van der Waals surface area contributed by atoms with E-state index in [9.17, 15) is 18.8 Å². The highest BCUT2D eigenvalue weighted by molar-refractivity contribution is 6.11. The molecule has 2 unspecified atom stereocenters. The number of rotatable bonds is 5. The first-order valence-electron chi connectivity index (χ1n) is 12.9. The molecule has 1 fully saturated rings. The quantitative estimate of drug-likeness (QED) is 0.442. The van der Waals surface area contributed by atoms with E-state index in [1.165, 1.54) is 18.2 Å². The minimum absolute atomic E-state index is 0.0110. The summed E-state index contributed by atoms with van der Waals surface area (Å²) in [7, 11) is 1.62. The van der Waals surface area contributed by atoms with Gasteiger partial charge in [0.25, 0.3) is 0 Å². The van der Waals surface area contributed by atoms with Crippen molar-refractivity contribution in [2.45, 2.75) is 18.1 Å². The third-order valence-corrected chi connectivity index (χ3v) is 7.55. The third kappa shape index (κ3) is 4.41. The number of hydrogen-bond acceptors (Lipinski definition) is 10. The van der Waals surface area contributed by atoms with Crippen molar-refractivity contribution in [1.82, 2.24) is 10.1 Å². The fourth-order valence-corrected chi connectivity index (χ4v) is 5.58. The number of para-hydroxylation sites is 2. The number of anilines is 1. The maximum absolute atomic E-state index is 14.7. The summed E-state index contributed by atoms with van der Waals surface area (Å²) in [5.41, 5.74) is -0.828. The van der Waals surface area contributed by atoms with E-state index in [0.717, 1.165) is 23.6 Å². The highest BCUT2D eigenvalue weighted by atomic mass is 19.1. The number of hydrogen-bond donors (Lipinski definition) is 0. The molecule has 2 atom stereocenters. The van der Waals surface area contributed by atoms with E-state index < -0.39 is 35.2 Å². The van der Waals surface area contributed by atoms with Gasteiger partial charge in [-0.1, -0.05) is 29.4 Å². The molecule has 0 radical (unpaired) electrons. The number of carbonyl (C=O) groups excluding carboxylic acids is 3. The van der Waals surface area contributed by atoms with Gasteiger partial charge in [-0.15, -0.1) is 0 Å². The Balaban J connectivity index is 1.34. The number of ether oxygens (including phenoxy) is 3. The second-order valence-corrected chi connectivity index (χ2v) is 9.85. The molecular weight excluding hydrogens is 521 g/mol. The Bertz CT molecular complexity index is 1510. The number of carbonyl (C=O) groups is 3. The Morgan fingerprint density at radius 1 is 1.00 bits per heavy atom. The molecule has 11 heteroatoms. The molecule has 0 amide bonds. The summed E-state index contributed by atoms with van der Waals surface area (Å²) in [6, 6.07) is 13.6. The van der Waals surface area contributed by atoms with Crippen LogP contribution in [0, 0.1) is 5.82 Å². The zero-order chi connectivity index (χ0) is 27.9. The first-order chi connectivity index (χ1) is 19.4. The highest BCUT2D eigenvalue weighted by Crippen LogP contribution is 2.41. The number of benzene rings is 2. The van der Waals surface area contributed by atoms with Crippen LogP contribution in [0.1, 0.15) is 16.1 Å². The molecular formula is C29H26FN3O7. The van der Waals surface area contributed by atoms with Crippen LogP contribution in [0.3, 0.4) is 0 Å². The summed E-state index contributed by atoms with van der Waals surface area (Å²) in [6.45, 7) is 2.24. The van der Waals surface area contributed by atoms with Crippen LogP contribution in [0.25, 0.3) is 11.3 Å². The second-order valence-electron chi connectivity index (χ2n) is 9.85. The average molecular weight is 548 g/mol. The van der Waals surface area contributed by atoms with Crippen LogP contribution in [0.4, 0.5) is 10.1 Å². The lowest BCUT2D eigenvalue weighted by atomic mass is 9.77. The number of aromatic nitrogens is 1. The van der Waals surface area contributed by atoms with E-state index in [4.69, 9.17) is 18.7 Å². The monoisotopic (exact) mass is 547 g/mol. The minimum Gasteiger partial charge on any atom is -0.495 e. The topological polar surface area (TPSA) is 111 Å². The Labute approximate surface area is 228 Å². The standard InChI is InChI=1S/C29H26FN3O7/c1-37-21-9-5-4-8-20(21)33-14-12-32(13-15-33)17-29-23(38-24(34)10-11-25(35)39-29)16-22-26(28(29)36)27(31-40-22)18-6-2-3-7-19(18)30/h2-11,23H,12-17H2,1H3/b11-10-. The third-order valence-electron chi connectivity index (χ3n) is 7.55. The van der Waals surface area contributed by atoms with Gasteiger partial charge in [-0.05, 0) is 24.3 Å². The Hall–Kier alpha value is -4.51. The van der Waals surface area contributed by atoms with Gasteiger partial charge in [0.05, 0.1) is 24.8 Å². The second kappa shape index (κ2) is 10.2. The summed E-state index contributed by atoms with van der Waals surface area (Å²) in [5.74, 6) is -1.98. The molecule has 6 rings (SSSR count). The number of fused-ring (bicyclic) bond motifs is 2. The zero-order valence-corrected chi connectivity index (χ0v) is 21.7. The fraction of sp³-hybridized carbons (Fsp3) is 0.310. The minimum atomic E-state index is -1.89. The van der Waals surface area contributed by atoms with Crippen LogP contribution in [-0.4, -0.2) is 79.3 Å². The lowest BCUT2D eigenvalue weighted by molar-refractivity contribution is -0.178. The molecule has 0 N–H and O–H groups in total. The number of ketones is 1. The van der Waals surface area contributed by atoms with Crippen LogP contribution in [0.5, 0.6) is 5.75 Å². The largest absolute Gasteiger partial charge is 0.495 e. The van der Waals surface area contributed by atoms with Crippen molar-refractivity contribution < 1.29 is 37.5 Å². The maximum Gasteiger partial charge on any atom is 0.332 e. The Morgan fingerprint density at radius 2 is 1.73 bits per heavy atom. The predicted octanol–water partition coefficient (Wildman–Crippen LogP) is 2.81. The molecule has 1 saturated heterocycles. The van der Waals surface area contributed by atoms with Crippen molar-refractivity contribution in [3.8, 4) is 17.0 Å². The first kappa shape index (κ1) is 25.8. The first-order valence-corrected chi connectivity index (χ1v) is 12.9. The lowest BCUT2D eigenvalue weighted by Gasteiger charge is -2.45. The van der Waals surface area contributed by atoms with E-state index >= 15 is 0 Å². The maximum atomic E-state index is 14.7. The number of esters is 2. The Morgan fingerprint density at radius 3 is 2.50 bits per heavy atom. The fourth-order valence-electron chi connectivity index (χ4n) is 5.58. The molecule has 3 heterocycles. The van der Waals surface area contributed by atoms with Gasteiger partial charge in [0.1, 0.15) is 17.3 Å². The van der Waals surface area contributed by atoms with Gasteiger partial charge < -0.3 is 23.6 Å². The lowest BCUT2D eigenvalue weighted by Crippen LogP contribution is -2.65. The molecule has 1 aromatic heterocycles. The van der Waals surface area contributed by atoms with Crippen LogP contribution in [0.15, 0.2) is 65.2 Å². The van der Waals surface area contributed by atoms with Crippen molar-refractivity contribution in [3.05, 3.63) is 77.8 Å². The van der Waals surface area contributed by atoms with Crippen LogP contribution in [-0.2, 0) is 25.5 Å². The summed E-state index contributed by atoms with van der Waals surface area (Å²) in [5, 5.41) is 4.00. The summed E-state index contributed by atoms with van der Waals surface area (Å²) >= 11 is 0. The average Bonchev–Trinajstić information content (AvgIpc) is 3.38. The summed E-state index contributed by atoms with van der Waals surface area (Å²) in [4.78, 5) is 43.7. The van der Waals surface area contributed by atoms with E-state index in [1.54, 1.807) is 13.2 Å². The van der Waals surface area contributed by atoms with Gasteiger partial charge in [-0.3, -0.25) is 9.69 Å². The molecule has 2 aliphatic heterocycles. The van der Waals surface area contributed by atoms with Crippen LogP contribution in [0.2, 0.25) is 0 Å². The van der Waals surface area contributed by atoms with Crippen molar-refractivity contribution in [3.63, 3.8) is 0 Å². The molecule has 1 aliphatic carbocycles. The SMILES string of the molecule is COc1ccccc1N1CCN(CC23OC(=O)/C=C\C(=O)OC2Cc2onc(-c4ccccc4F)c2C3=O)CC1. The van der Waals surface area contributed by atoms with Gasteiger partial charge >= 0.3 is 11.9 Å². The van der Waals surface area contributed by atoms with Crippen molar-refractivity contribution in [1.29, 1.82) is 0 Å². The van der Waals surface area contributed by atoms with E-state index in [2.05, 4.69) is 10.1 Å². The van der Waals surface area contributed by atoms with Gasteiger partial charge in [0.15, 0.2) is 11.9 Å². The van der Waals surface area contributed by atoms with E-state index in [1.807, 2.05) is 29.2 Å². The van der Waals surface area contributed by atoms with Crippen molar-refractivity contribution >= 4 is 23.4 Å². The normalized spacial score (nSPS) is 23.8. The molecule has 10 nitrogen and oxygen atoms in total. The number of methoxy groups -OCH3 is 1. The van der Waals surface area contributed by atoms with E-state index in [-0.39, 0.29) is 35.5 Å².